The Morgan fingerprint density at radius 3 is 1.31 bits per heavy atom. The number of hydrogen-bond donors (Lipinski definition) is 0. The van der Waals surface area contributed by atoms with Crippen LogP contribution in [0.2, 0.25) is 0 Å². The number of alkyl halides is 6. The molecule has 0 atom stereocenters. The van der Waals surface area contributed by atoms with Crippen LogP contribution in [0.3, 0.4) is 0 Å². The molecule has 0 radical (unpaired) electrons. The zero-order chi connectivity index (χ0) is 11.9. The van der Waals surface area contributed by atoms with Gasteiger partial charge in [0, 0.05) is 0 Å². The number of rotatable bonds is 0. The summed E-state index contributed by atoms with van der Waals surface area (Å²) >= 11 is 0. The Morgan fingerprint density at radius 1 is 0.750 bits per heavy atom. The molecule has 0 saturated carbocycles. The summed E-state index contributed by atoms with van der Waals surface area (Å²) in [5.41, 5.74) is -2.64. The summed E-state index contributed by atoms with van der Waals surface area (Å²) in [7, 11) is 0. The van der Waals surface area contributed by atoms with Gasteiger partial charge in [0.25, 0.3) is 0 Å². The van der Waals surface area contributed by atoms with Crippen LogP contribution in [0.4, 0.5) is 26.3 Å². The second-order valence-corrected chi connectivity index (χ2v) is 3.08. The summed E-state index contributed by atoms with van der Waals surface area (Å²) < 4.78 is 73.0. The molecule has 0 aliphatic heterocycles. The summed E-state index contributed by atoms with van der Waals surface area (Å²) in [6, 6.07) is 1.46. The minimum atomic E-state index is -4.76. The van der Waals surface area contributed by atoms with E-state index in [-0.39, 0.29) is 19.1 Å². The minimum absolute atomic E-state index is 0. The smallest absolute Gasteiger partial charge is 0.166 e. The van der Waals surface area contributed by atoms with Crippen molar-refractivity contribution in [2.75, 3.05) is 0 Å². The van der Waals surface area contributed by atoms with Gasteiger partial charge in [0.2, 0.25) is 0 Å². The molecule has 1 aromatic carbocycles. The highest BCUT2D eigenvalue weighted by molar-refractivity contribution is 5.32. The maximum atomic E-state index is 12.2. The second-order valence-electron chi connectivity index (χ2n) is 3.08. The summed E-state index contributed by atoms with van der Waals surface area (Å²) in [5, 5.41) is 0. The molecule has 0 saturated heterocycles. The van der Waals surface area contributed by atoms with Crippen LogP contribution >= 0.6 is 0 Å². The SMILES string of the molecule is C.Cc1cc(C(F)(F)F)cc(C(F)(F)F)c1. The molecule has 0 unspecified atom stereocenters. The van der Waals surface area contributed by atoms with Gasteiger partial charge in [-0.3, -0.25) is 0 Å². The van der Waals surface area contributed by atoms with Gasteiger partial charge in [-0.15, -0.1) is 0 Å². The van der Waals surface area contributed by atoms with E-state index in [0.717, 1.165) is 0 Å². The fraction of sp³-hybridized carbons (Fsp3) is 0.400. The van der Waals surface area contributed by atoms with E-state index in [4.69, 9.17) is 0 Å². The van der Waals surface area contributed by atoms with Crippen LogP contribution in [0.5, 0.6) is 0 Å². The fourth-order valence-electron chi connectivity index (χ4n) is 1.11. The van der Waals surface area contributed by atoms with Crippen LogP contribution in [-0.4, -0.2) is 0 Å². The number of benzene rings is 1. The van der Waals surface area contributed by atoms with Gasteiger partial charge in [-0.1, -0.05) is 7.43 Å². The van der Waals surface area contributed by atoms with Crippen molar-refractivity contribution in [1.29, 1.82) is 0 Å². The van der Waals surface area contributed by atoms with E-state index >= 15 is 0 Å². The zero-order valence-electron chi connectivity index (χ0n) is 7.50. The van der Waals surface area contributed by atoms with E-state index < -0.39 is 23.5 Å². The summed E-state index contributed by atoms with van der Waals surface area (Å²) in [6.07, 6.45) is -9.52. The van der Waals surface area contributed by atoms with Gasteiger partial charge in [-0.25, -0.2) is 0 Å². The molecule has 16 heavy (non-hydrogen) atoms. The van der Waals surface area contributed by atoms with Crippen LogP contribution in [0, 0.1) is 6.92 Å². The Kier molecular flexibility index (Phi) is 4.02. The first kappa shape index (κ1) is 14.8. The lowest BCUT2D eigenvalue weighted by molar-refractivity contribution is -0.143. The third-order valence-electron chi connectivity index (χ3n) is 1.73. The van der Waals surface area contributed by atoms with Crippen molar-refractivity contribution in [3.63, 3.8) is 0 Å². The van der Waals surface area contributed by atoms with Crippen LogP contribution in [0.1, 0.15) is 24.1 Å². The van der Waals surface area contributed by atoms with Crippen molar-refractivity contribution < 1.29 is 26.3 Å². The van der Waals surface area contributed by atoms with E-state index in [9.17, 15) is 26.3 Å². The van der Waals surface area contributed by atoms with E-state index in [1.807, 2.05) is 0 Å². The highest BCUT2D eigenvalue weighted by Gasteiger charge is 2.36. The molecule has 0 fully saturated rings. The molecular weight excluding hydrogens is 234 g/mol. The lowest BCUT2D eigenvalue weighted by Gasteiger charge is -2.12. The number of aryl methyl sites for hydroxylation is 1. The minimum Gasteiger partial charge on any atom is -0.166 e. The molecule has 92 valence electrons. The molecule has 0 amide bonds. The Labute approximate surface area is 88.9 Å². The van der Waals surface area contributed by atoms with Crippen molar-refractivity contribution in [1.82, 2.24) is 0 Å². The number of halogens is 6. The van der Waals surface area contributed by atoms with E-state index in [1.54, 1.807) is 0 Å². The van der Waals surface area contributed by atoms with Crippen molar-refractivity contribution >= 4 is 0 Å². The molecule has 0 nitrogen and oxygen atoms in total. The van der Waals surface area contributed by atoms with Crippen molar-refractivity contribution in [3.05, 3.63) is 34.9 Å². The molecular formula is C10H10F6. The van der Waals surface area contributed by atoms with Crippen molar-refractivity contribution in [2.24, 2.45) is 0 Å². The highest BCUT2D eigenvalue weighted by Crippen LogP contribution is 2.35. The third-order valence-corrected chi connectivity index (χ3v) is 1.73. The molecule has 0 aromatic heterocycles. The first-order valence-electron chi connectivity index (χ1n) is 3.87. The highest BCUT2D eigenvalue weighted by atomic mass is 19.4. The molecule has 0 aliphatic carbocycles. The largest absolute Gasteiger partial charge is 0.416 e. The van der Waals surface area contributed by atoms with Crippen LogP contribution in [0.15, 0.2) is 18.2 Å². The lowest BCUT2D eigenvalue weighted by Crippen LogP contribution is -2.11. The normalized spacial score (nSPS) is 12.2. The average molecular weight is 244 g/mol. The standard InChI is InChI=1S/C9H6F6.CH4/c1-5-2-6(8(10,11)12)4-7(3-5)9(13,14)15;/h2-4H,1H3;1H4. The van der Waals surface area contributed by atoms with Gasteiger partial charge < -0.3 is 0 Å². The van der Waals surface area contributed by atoms with Gasteiger partial charge in [0.15, 0.2) is 0 Å². The molecule has 0 aliphatic rings. The molecule has 0 N–H and O–H groups in total. The quantitative estimate of drug-likeness (QED) is 0.582. The first-order valence-corrected chi connectivity index (χ1v) is 3.87. The Hall–Kier alpha value is -1.20. The monoisotopic (exact) mass is 244 g/mol. The van der Waals surface area contributed by atoms with Gasteiger partial charge >= 0.3 is 12.4 Å². The van der Waals surface area contributed by atoms with Gasteiger partial charge in [0.05, 0.1) is 11.1 Å². The van der Waals surface area contributed by atoms with Crippen molar-refractivity contribution in [2.45, 2.75) is 26.7 Å². The van der Waals surface area contributed by atoms with Gasteiger partial charge in [-0.05, 0) is 30.7 Å². The predicted molar refractivity (Wildman–Crippen MR) is 47.9 cm³/mol. The Balaban J connectivity index is 0.00000225. The van der Waals surface area contributed by atoms with Crippen LogP contribution < -0.4 is 0 Å². The zero-order valence-corrected chi connectivity index (χ0v) is 7.50. The topological polar surface area (TPSA) is 0 Å². The lowest BCUT2D eigenvalue weighted by atomic mass is 10.1. The van der Waals surface area contributed by atoms with Crippen molar-refractivity contribution in [3.8, 4) is 0 Å². The molecule has 1 aromatic rings. The van der Waals surface area contributed by atoms with E-state index in [2.05, 4.69) is 0 Å². The molecule has 0 heterocycles. The number of hydrogen-bond acceptors (Lipinski definition) is 0. The Morgan fingerprint density at radius 2 is 1.06 bits per heavy atom. The van der Waals surface area contributed by atoms with Crippen LogP contribution in [-0.2, 0) is 12.4 Å². The molecule has 1 rings (SSSR count). The van der Waals surface area contributed by atoms with Crippen LogP contribution in [0.25, 0.3) is 0 Å². The average Bonchev–Trinajstić information content (AvgIpc) is 1.99. The summed E-state index contributed by atoms with van der Waals surface area (Å²) in [6.45, 7) is 1.18. The first-order chi connectivity index (χ1) is 6.60. The fourth-order valence-corrected chi connectivity index (χ4v) is 1.11. The second kappa shape index (κ2) is 4.35. The summed E-state index contributed by atoms with van der Waals surface area (Å²) in [4.78, 5) is 0. The molecule has 0 bridgehead atoms. The van der Waals surface area contributed by atoms with Gasteiger partial charge in [-0.2, -0.15) is 26.3 Å². The summed E-state index contributed by atoms with van der Waals surface area (Å²) in [5.74, 6) is 0. The third kappa shape index (κ3) is 3.43. The molecule has 6 heteroatoms. The maximum absolute atomic E-state index is 12.2. The maximum Gasteiger partial charge on any atom is 0.416 e. The Bertz CT molecular complexity index is 328. The van der Waals surface area contributed by atoms with E-state index in [1.165, 1.54) is 6.92 Å². The van der Waals surface area contributed by atoms with E-state index in [0.29, 0.717) is 12.1 Å². The van der Waals surface area contributed by atoms with Gasteiger partial charge in [0.1, 0.15) is 0 Å². The molecule has 0 spiro atoms. The predicted octanol–water partition coefficient (Wildman–Crippen LogP) is 4.67.